The van der Waals surface area contributed by atoms with Crippen molar-refractivity contribution in [3.05, 3.63) is 522 Å². The van der Waals surface area contributed by atoms with Crippen molar-refractivity contribution in [3.63, 3.8) is 0 Å². The first kappa shape index (κ1) is 78.7. The summed E-state index contributed by atoms with van der Waals surface area (Å²) in [4.78, 5) is 45.2. The molecule has 131 heavy (non-hydrogen) atoms. The average Bonchev–Trinajstić information content (AvgIpc) is 1.51. The molecule has 6 aliphatic rings. The lowest BCUT2D eigenvalue weighted by atomic mass is 9.70. The lowest BCUT2D eigenvalue weighted by molar-refractivity contribution is 0.794. The van der Waals surface area contributed by atoms with E-state index in [0.717, 1.165) is 50.1 Å². The molecular formula is C122H83N9. The number of aromatic nitrogens is 9. The summed E-state index contributed by atoms with van der Waals surface area (Å²) in [5, 5.41) is 0. The molecule has 0 radical (unpaired) electrons. The van der Waals surface area contributed by atoms with Gasteiger partial charge < -0.3 is 0 Å². The Morgan fingerprint density at radius 1 is 0.115 bits per heavy atom. The fourth-order valence-electron chi connectivity index (χ4n) is 21.6. The SMILES string of the molecule is C.C.c1ccc(-c2nc(-c3ccccc3)nc(-c3ccc4c(c3)-c3ccccc3C43c4ccccc4-c4ccccc43)n2)cc1.c1ccc(-c2nc(-c3ccccc3)nc(-c3ccc4c(c3)C3(c5ccccc5-c5ccccc53)c3ccccc3-4)n2)cc1.c1ccc(-c2nc(-c3ccccc3)nc(-c3cccc4c3-c3ccccc3C43c4ccccc4-c4ccccc43)n2)cc1. The highest BCUT2D eigenvalue weighted by Crippen LogP contribution is 2.67. The first-order chi connectivity index (χ1) is 64.0. The Hall–Kier alpha value is -17.0. The van der Waals surface area contributed by atoms with Crippen LogP contribution in [0.1, 0.15) is 81.6 Å². The molecule has 21 aromatic rings. The number of fused-ring (bicyclic) bond motifs is 30. The van der Waals surface area contributed by atoms with E-state index in [2.05, 4.69) is 322 Å². The summed E-state index contributed by atoms with van der Waals surface area (Å²) in [6, 6.07) is 161. The van der Waals surface area contributed by atoms with E-state index in [9.17, 15) is 0 Å². The van der Waals surface area contributed by atoms with Crippen LogP contribution in [-0.4, -0.2) is 44.9 Å². The fourth-order valence-corrected chi connectivity index (χ4v) is 21.6. The summed E-state index contributed by atoms with van der Waals surface area (Å²) in [6.07, 6.45) is 0. The second kappa shape index (κ2) is 31.8. The topological polar surface area (TPSA) is 116 Å². The van der Waals surface area contributed by atoms with Crippen molar-refractivity contribution >= 4 is 0 Å². The van der Waals surface area contributed by atoms with Crippen molar-refractivity contribution < 1.29 is 0 Å². The van der Waals surface area contributed by atoms with Crippen molar-refractivity contribution in [2.75, 3.05) is 0 Å². The molecule has 0 N–H and O–H groups in total. The van der Waals surface area contributed by atoms with Crippen LogP contribution in [0.5, 0.6) is 0 Å². The van der Waals surface area contributed by atoms with Gasteiger partial charge >= 0.3 is 0 Å². The summed E-state index contributed by atoms with van der Waals surface area (Å²) in [5.74, 6) is 6.01. The van der Waals surface area contributed by atoms with E-state index in [1.54, 1.807) is 0 Å². The van der Waals surface area contributed by atoms with Gasteiger partial charge in [0.15, 0.2) is 52.4 Å². The van der Waals surface area contributed by atoms with Crippen LogP contribution in [0, 0.1) is 0 Å². The molecule has 3 heterocycles. The average molecular weight is 1680 g/mol. The van der Waals surface area contributed by atoms with Gasteiger partial charge in [0.1, 0.15) is 0 Å². The van der Waals surface area contributed by atoms with E-state index >= 15 is 0 Å². The van der Waals surface area contributed by atoms with Crippen LogP contribution in [0.3, 0.4) is 0 Å². The molecule has 0 bridgehead atoms. The monoisotopic (exact) mass is 1670 g/mol. The predicted molar refractivity (Wildman–Crippen MR) is 531 cm³/mol. The van der Waals surface area contributed by atoms with Gasteiger partial charge in [-0.05, 0) is 146 Å². The first-order valence-corrected chi connectivity index (χ1v) is 43.9. The maximum atomic E-state index is 5.13. The first-order valence-electron chi connectivity index (χ1n) is 43.9. The number of rotatable bonds is 9. The molecular weight excluding hydrogens is 1590 g/mol. The molecule has 0 atom stereocenters. The van der Waals surface area contributed by atoms with Crippen LogP contribution in [0.15, 0.2) is 455 Å². The van der Waals surface area contributed by atoms with Crippen LogP contribution in [0.2, 0.25) is 0 Å². The van der Waals surface area contributed by atoms with Crippen LogP contribution in [0.25, 0.3) is 169 Å². The van der Waals surface area contributed by atoms with E-state index in [0.29, 0.717) is 52.4 Å². The quantitative estimate of drug-likeness (QED) is 0.139. The van der Waals surface area contributed by atoms with Crippen molar-refractivity contribution in [1.29, 1.82) is 0 Å². The molecule has 0 saturated carbocycles. The maximum Gasteiger partial charge on any atom is 0.164 e. The molecule has 0 aliphatic heterocycles. The van der Waals surface area contributed by atoms with Crippen molar-refractivity contribution in [2.24, 2.45) is 0 Å². The Morgan fingerprint density at radius 2 is 0.305 bits per heavy atom. The summed E-state index contributed by atoms with van der Waals surface area (Å²) < 4.78 is 0. The molecule has 3 spiro atoms. The van der Waals surface area contributed by atoms with Crippen LogP contribution >= 0.6 is 0 Å². The Bertz CT molecular complexity index is 7630. The largest absolute Gasteiger partial charge is 0.208 e. The van der Waals surface area contributed by atoms with Crippen molar-refractivity contribution in [2.45, 2.75) is 31.1 Å². The smallest absolute Gasteiger partial charge is 0.164 e. The summed E-state index contributed by atoms with van der Waals surface area (Å²) >= 11 is 0. The zero-order valence-corrected chi connectivity index (χ0v) is 69.8. The Kier molecular flexibility index (Phi) is 19.1. The van der Waals surface area contributed by atoms with Gasteiger partial charge in [-0.1, -0.05) is 458 Å². The van der Waals surface area contributed by atoms with E-state index < -0.39 is 10.8 Å². The molecule has 3 aromatic heterocycles. The normalized spacial score (nSPS) is 13.1. The molecule has 18 aromatic carbocycles. The lowest BCUT2D eigenvalue weighted by Gasteiger charge is -2.30. The van der Waals surface area contributed by atoms with Gasteiger partial charge in [0.25, 0.3) is 0 Å². The number of nitrogens with zero attached hydrogens (tertiary/aromatic N) is 9. The number of benzene rings is 18. The Morgan fingerprint density at radius 3 is 0.611 bits per heavy atom. The molecule has 27 rings (SSSR count). The number of hydrogen-bond acceptors (Lipinski definition) is 9. The van der Waals surface area contributed by atoms with Crippen LogP contribution in [-0.2, 0) is 16.2 Å². The standard InChI is InChI=1S/3C40H25N3.2CH4/c1-3-14-26(15-4-1)37-41-38(27-16-5-2-6-17-27)43-39(42-37)31-21-13-25-35-36(31)30-20-9-12-24-34(30)40(35)32-22-10-7-18-28(32)29-19-8-11-23-33(29)40;1-3-13-26(14-4-1)37-41-38(27-15-5-2-6-16-27)43-39(42-37)28-23-24-36-32(25-28)31-19-9-12-22-35(31)40(36)33-20-10-7-17-29(33)30-18-8-11-21-34(30)40;1-3-13-26(14-4-1)37-41-38(27-15-5-2-6-16-27)43-39(42-37)28-23-24-32-31-19-9-12-22-35(31)40(36(32)25-28)33-20-10-7-17-29(33)30-18-8-11-21-34(30)40;;/h3*1-25H;2*1H4. The highest BCUT2D eigenvalue weighted by atomic mass is 15.1. The highest BCUT2D eigenvalue weighted by Gasteiger charge is 2.55. The third-order valence-corrected chi connectivity index (χ3v) is 26.9. The maximum absolute atomic E-state index is 5.13. The van der Waals surface area contributed by atoms with E-state index in [-0.39, 0.29) is 20.3 Å². The van der Waals surface area contributed by atoms with Gasteiger partial charge in [-0.3, -0.25) is 0 Å². The summed E-state index contributed by atoms with van der Waals surface area (Å²) in [6.45, 7) is 0. The zero-order chi connectivity index (χ0) is 85.1. The van der Waals surface area contributed by atoms with Crippen LogP contribution < -0.4 is 0 Å². The van der Waals surface area contributed by atoms with Gasteiger partial charge in [0.2, 0.25) is 0 Å². The third-order valence-electron chi connectivity index (χ3n) is 26.9. The zero-order valence-electron chi connectivity index (χ0n) is 69.8. The summed E-state index contributed by atoms with van der Waals surface area (Å²) in [7, 11) is 0. The minimum atomic E-state index is -0.410. The summed E-state index contributed by atoms with van der Waals surface area (Å²) in [5.41, 5.74) is 38.6. The molecule has 0 saturated heterocycles. The Labute approximate surface area is 761 Å². The molecule has 0 amide bonds. The Balaban J connectivity index is 0.000000111. The van der Waals surface area contributed by atoms with E-state index in [4.69, 9.17) is 44.9 Å². The highest BCUT2D eigenvalue weighted by molar-refractivity contribution is 6.02. The van der Waals surface area contributed by atoms with Gasteiger partial charge in [0, 0.05) is 50.1 Å². The molecule has 6 aliphatic carbocycles. The second-order valence-electron chi connectivity index (χ2n) is 33.5. The van der Waals surface area contributed by atoms with Gasteiger partial charge in [-0.25, -0.2) is 44.9 Å². The lowest BCUT2D eigenvalue weighted by Crippen LogP contribution is -2.25. The molecule has 0 unspecified atom stereocenters. The molecule has 0 fully saturated rings. The second-order valence-corrected chi connectivity index (χ2v) is 33.5. The predicted octanol–water partition coefficient (Wildman–Crippen LogP) is 28.9. The third kappa shape index (κ3) is 12.2. The van der Waals surface area contributed by atoms with E-state index in [1.165, 1.54) is 134 Å². The van der Waals surface area contributed by atoms with Gasteiger partial charge in [0.05, 0.1) is 16.2 Å². The minimum absolute atomic E-state index is 0. The molecule has 616 valence electrons. The van der Waals surface area contributed by atoms with Gasteiger partial charge in [-0.15, -0.1) is 0 Å². The minimum Gasteiger partial charge on any atom is -0.208 e. The van der Waals surface area contributed by atoms with Crippen molar-refractivity contribution in [1.82, 2.24) is 44.9 Å². The van der Waals surface area contributed by atoms with Crippen LogP contribution in [0.4, 0.5) is 0 Å². The van der Waals surface area contributed by atoms with Gasteiger partial charge in [-0.2, -0.15) is 0 Å². The fraction of sp³-hybridized carbons (Fsp3) is 0.0410. The molecule has 9 heteroatoms. The van der Waals surface area contributed by atoms with Crippen molar-refractivity contribution in [3.8, 4) is 169 Å². The molecule has 9 nitrogen and oxygen atoms in total. The van der Waals surface area contributed by atoms with E-state index in [1.807, 2.05) is 133 Å². The number of hydrogen-bond donors (Lipinski definition) is 0.